The first-order valence-corrected chi connectivity index (χ1v) is 5.70. The second-order valence-corrected chi connectivity index (χ2v) is 4.38. The highest BCUT2D eigenvalue weighted by Crippen LogP contribution is 2.28. The topological polar surface area (TPSA) is 50.7 Å². The molecule has 0 aliphatic carbocycles. The summed E-state index contributed by atoms with van der Waals surface area (Å²) in [4.78, 5) is 16.5. The van der Waals surface area contributed by atoms with Crippen LogP contribution < -0.4 is 5.32 Å². The van der Waals surface area contributed by atoms with Crippen molar-refractivity contribution in [2.45, 2.75) is 12.5 Å². The van der Waals surface area contributed by atoms with E-state index in [4.69, 9.17) is 4.84 Å². The molecule has 1 heterocycles. The van der Waals surface area contributed by atoms with Gasteiger partial charge in [0.25, 0.3) is 5.91 Å². The van der Waals surface area contributed by atoms with E-state index in [1.807, 2.05) is 24.3 Å². The van der Waals surface area contributed by atoms with Gasteiger partial charge in [0, 0.05) is 17.9 Å². The summed E-state index contributed by atoms with van der Waals surface area (Å²) in [6, 6.07) is 7.79. The van der Waals surface area contributed by atoms with E-state index in [2.05, 4.69) is 26.4 Å². The molecule has 4 nitrogen and oxygen atoms in total. The van der Waals surface area contributed by atoms with Crippen LogP contribution in [0.2, 0.25) is 0 Å². The van der Waals surface area contributed by atoms with Gasteiger partial charge in [0.05, 0.1) is 0 Å². The Kier molecular flexibility index (Phi) is 3.24. The lowest BCUT2D eigenvalue weighted by Crippen LogP contribution is -2.26. The van der Waals surface area contributed by atoms with Crippen LogP contribution in [0.3, 0.4) is 0 Å². The Morgan fingerprint density at radius 2 is 2.19 bits per heavy atom. The molecule has 0 fully saturated rings. The Morgan fingerprint density at radius 1 is 1.50 bits per heavy atom. The lowest BCUT2D eigenvalue weighted by atomic mass is 10.0. The summed E-state index contributed by atoms with van der Waals surface area (Å²) < 4.78 is 1.02. The summed E-state index contributed by atoms with van der Waals surface area (Å²) in [5, 5.41) is 6.31. The number of rotatable bonds is 2. The molecule has 1 aliphatic heterocycles. The van der Waals surface area contributed by atoms with Crippen molar-refractivity contribution >= 4 is 27.5 Å². The van der Waals surface area contributed by atoms with Crippen molar-refractivity contribution in [3.8, 4) is 0 Å². The SMILES string of the molecule is CNC(=O)C1=NOC(c2ccc(Br)cc2)C1. The Balaban J connectivity index is 2.06. The van der Waals surface area contributed by atoms with Crippen LogP contribution in [0, 0.1) is 0 Å². The zero-order valence-corrected chi connectivity index (χ0v) is 10.3. The van der Waals surface area contributed by atoms with Crippen molar-refractivity contribution in [1.29, 1.82) is 0 Å². The van der Waals surface area contributed by atoms with Gasteiger partial charge in [-0.15, -0.1) is 0 Å². The highest BCUT2D eigenvalue weighted by atomic mass is 79.9. The molecule has 1 aromatic carbocycles. The standard InChI is InChI=1S/C11H11BrN2O2/c1-13-11(15)9-6-10(16-14-9)7-2-4-8(12)5-3-7/h2-5,10H,6H2,1H3,(H,13,15). The van der Waals surface area contributed by atoms with Gasteiger partial charge >= 0.3 is 0 Å². The smallest absolute Gasteiger partial charge is 0.268 e. The first kappa shape index (κ1) is 11.1. The summed E-state index contributed by atoms with van der Waals surface area (Å²) in [7, 11) is 1.58. The maximum Gasteiger partial charge on any atom is 0.268 e. The fraction of sp³-hybridized carbons (Fsp3) is 0.273. The molecule has 0 spiro atoms. The largest absolute Gasteiger partial charge is 0.387 e. The predicted molar refractivity (Wildman–Crippen MR) is 64.1 cm³/mol. The third-order valence-electron chi connectivity index (χ3n) is 2.40. The number of carbonyl (C=O) groups is 1. The highest BCUT2D eigenvalue weighted by Gasteiger charge is 2.26. The maximum absolute atomic E-state index is 11.3. The number of benzene rings is 1. The molecular formula is C11H11BrN2O2. The molecule has 1 aromatic rings. The lowest BCUT2D eigenvalue weighted by molar-refractivity contribution is -0.114. The van der Waals surface area contributed by atoms with Gasteiger partial charge in [-0.05, 0) is 17.7 Å². The minimum atomic E-state index is -0.181. The van der Waals surface area contributed by atoms with E-state index in [1.165, 1.54) is 0 Å². The van der Waals surface area contributed by atoms with Crippen LogP contribution in [0.5, 0.6) is 0 Å². The number of nitrogens with zero attached hydrogens (tertiary/aromatic N) is 1. The van der Waals surface area contributed by atoms with Crippen molar-refractivity contribution in [3.05, 3.63) is 34.3 Å². The van der Waals surface area contributed by atoms with Gasteiger partial charge in [0.2, 0.25) is 0 Å². The average Bonchev–Trinajstić information content (AvgIpc) is 2.78. The normalized spacial score (nSPS) is 18.9. The van der Waals surface area contributed by atoms with Crippen molar-refractivity contribution in [2.75, 3.05) is 7.05 Å². The van der Waals surface area contributed by atoms with Crippen LogP contribution in [0.15, 0.2) is 33.9 Å². The van der Waals surface area contributed by atoms with E-state index in [0.717, 1.165) is 10.0 Å². The van der Waals surface area contributed by atoms with Crippen LogP contribution in [0.25, 0.3) is 0 Å². The van der Waals surface area contributed by atoms with Crippen LogP contribution in [0.4, 0.5) is 0 Å². The minimum Gasteiger partial charge on any atom is -0.387 e. The second-order valence-electron chi connectivity index (χ2n) is 3.47. The number of hydrogen-bond acceptors (Lipinski definition) is 3. The molecule has 5 heteroatoms. The molecule has 1 atom stereocenters. The van der Waals surface area contributed by atoms with E-state index >= 15 is 0 Å². The van der Waals surface area contributed by atoms with E-state index in [9.17, 15) is 4.79 Å². The van der Waals surface area contributed by atoms with Gasteiger partial charge < -0.3 is 10.2 Å². The fourth-order valence-electron chi connectivity index (χ4n) is 1.51. The zero-order valence-electron chi connectivity index (χ0n) is 8.74. The lowest BCUT2D eigenvalue weighted by Gasteiger charge is -2.07. The minimum absolute atomic E-state index is 0.152. The molecule has 0 radical (unpaired) electrons. The molecule has 0 aromatic heterocycles. The van der Waals surface area contributed by atoms with Crippen LogP contribution in [-0.4, -0.2) is 18.7 Å². The fourth-order valence-corrected chi connectivity index (χ4v) is 1.78. The Bertz CT molecular complexity index is 428. The monoisotopic (exact) mass is 282 g/mol. The van der Waals surface area contributed by atoms with Crippen molar-refractivity contribution in [3.63, 3.8) is 0 Å². The van der Waals surface area contributed by atoms with Crippen LogP contribution in [0.1, 0.15) is 18.1 Å². The van der Waals surface area contributed by atoms with Gasteiger partial charge in [-0.2, -0.15) is 0 Å². The maximum atomic E-state index is 11.3. The van der Waals surface area contributed by atoms with Gasteiger partial charge in [-0.3, -0.25) is 4.79 Å². The van der Waals surface area contributed by atoms with Gasteiger partial charge in [-0.1, -0.05) is 33.2 Å². The molecule has 84 valence electrons. The summed E-state index contributed by atoms with van der Waals surface area (Å²) >= 11 is 3.37. The number of nitrogens with one attached hydrogen (secondary N) is 1. The average molecular weight is 283 g/mol. The van der Waals surface area contributed by atoms with Crippen molar-refractivity contribution < 1.29 is 9.63 Å². The Morgan fingerprint density at radius 3 is 2.81 bits per heavy atom. The molecule has 0 saturated carbocycles. The van der Waals surface area contributed by atoms with E-state index in [1.54, 1.807) is 7.05 Å². The summed E-state index contributed by atoms with van der Waals surface area (Å²) in [6.07, 6.45) is 0.363. The van der Waals surface area contributed by atoms with Crippen LogP contribution in [-0.2, 0) is 9.63 Å². The third-order valence-corrected chi connectivity index (χ3v) is 2.93. The predicted octanol–water partition coefficient (Wildman–Crippen LogP) is 2.01. The highest BCUT2D eigenvalue weighted by molar-refractivity contribution is 9.10. The molecular weight excluding hydrogens is 272 g/mol. The molecule has 0 bridgehead atoms. The molecule has 1 unspecified atom stereocenters. The number of halogens is 1. The Hall–Kier alpha value is -1.36. The number of hydrogen-bond donors (Lipinski definition) is 1. The van der Waals surface area contributed by atoms with Crippen molar-refractivity contribution in [2.24, 2.45) is 5.16 Å². The van der Waals surface area contributed by atoms with Crippen LogP contribution >= 0.6 is 15.9 Å². The summed E-state index contributed by atoms with van der Waals surface area (Å²) in [6.45, 7) is 0. The number of carbonyl (C=O) groups excluding carboxylic acids is 1. The van der Waals surface area contributed by atoms with Gasteiger partial charge in [-0.25, -0.2) is 0 Å². The summed E-state index contributed by atoms with van der Waals surface area (Å²) in [5.41, 5.74) is 1.46. The molecule has 1 amide bonds. The van der Waals surface area contributed by atoms with E-state index < -0.39 is 0 Å². The molecule has 2 rings (SSSR count). The number of oxime groups is 1. The quantitative estimate of drug-likeness (QED) is 0.902. The first-order valence-electron chi connectivity index (χ1n) is 4.91. The molecule has 0 saturated heterocycles. The second kappa shape index (κ2) is 4.65. The van der Waals surface area contributed by atoms with E-state index in [-0.39, 0.29) is 12.0 Å². The number of amides is 1. The van der Waals surface area contributed by atoms with Gasteiger partial charge in [0.1, 0.15) is 5.71 Å². The van der Waals surface area contributed by atoms with E-state index in [0.29, 0.717) is 12.1 Å². The summed E-state index contributed by atoms with van der Waals surface area (Å²) in [5.74, 6) is -0.181. The molecule has 1 N–H and O–H groups in total. The molecule has 1 aliphatic rings. The third kappa shape index (κ3) is 2.24. The Labute approximate surface area is 102 Å². The zero-order chi connectivity index (χ0) is 11.5. The first-order chi connectivity index (χ1) is 7.70. The molecule has 16 heavy (non-hydrogen) atoms. The van der Waals surface area contributed by atoms with Crippen molar-refractivity contribution in [1.82, 2.24) is 5.32 Å². The van der Waals surface area contributed by atoms with Gasteiger partial charge in [0.15, 0.2) is 6.10 Å².